The van der Waals surface area contributed by atoms with Crippen LogP contribution in [0, 0.1) is 0 Å². The summed E-state index contributed by atoms with van der Waals surface area (Å²) in [5.41, 5.74) is 1.96. The average molecular weight is 555 g/mol. The van der Waals surface area contributed by atoms with Gasteiger partial charge in [0, 0.05) is 36.7 Å². The number of anilines is 1. The van der Waals surface area contributed by atoms with Crippen LogP contribution in [-0.4, -0.2) is 48.3 Å². The summed E-state index contributed by atoms with van der Waals surface area (Å²) in [6.45, 7) is 4.58. The van der Waals surface area contributed by atoms with Gasteiger partial charge in [0.1, 0.15) is 15.9 Å². The van der Waals surface area contributed by atoms with E-state index in [2.05, 4.69) is 30.9 Å². The Balaban J connectivity index is 1.72. The number of H-pyrrole nitrogens is 1. The van der Waals surface area contributed by atoms with Crippen LogP contribution in [0.2, 0.25) is 0 Å². The van der Waals surface area contributed by atoms with Crippen molar-refractivity contribution in [1.29, 1.82) is 0 Å². The molecule has 2 N–H and O–H groups in total. The molecule has 4 aromatic heterocycles. The number of nitrogens with one attached hydrogen (secondary N) is 1. The number of aromatic amines is 1. The van der Waals surface area contributed by atoms with Crippen molar-refractivity contribution in [3.8, 4) is 11.3 Å². The molecule has 0 saturated heterocycles. The Morgan fingerprint density at radius 3 is 2.42 bits per heavy atom. The molecule has 4 heterocycles. The predicted octanol–water partition coefficient (Wildman–Crippen LogP) is 3.17. The molecule has 4 aromatic rings. The standard InChI is InChI=1S/C25H27BrN6O4/c1-3-9-30-19-13-18(29-22(19)24(35)32(10-4-2)25(30)36)16-6-8-21(28-14-16)31(11-12-33)23(34)17-5-7-20(26)27-15-17/h5-8,13-15,29,33H,3-4,9-12H2,1-2H3. The maximum atomic E-state index is 13.0. The summed E-state index contributed by atoms with van der Waals surface area (Å²) in [5.74, 6) is 0.0278. The van der Waals surface area contributed by atoms with Crippen molar-refractivity contribution in [2.45, 2.75) is 39.8 Å². The molecule has 0 bridgehead atoms. The summed E-state index contributed by atoms with van der Waals surface area (Å²) >= 11 is 3.25. The molecule has 0 aliphatic carbocycles. The molecule has 1 amide bonds. The lowest BCUT2D eigenvalue weighted by Gasteiger charge is -2.21. The topological polar surface area (TPSA) is 126 Å². The van der Waals surface area contributed by atoms with Gasteiger partial charge in [0.15, 0.2) is 0 Å². The Hall–Kier alpha value is -3.57. The van der Waals surface area contributed by atoms with Gasteiger partial charge in [-0.2, -0.15) is 0 Å². The molecule has 0 unspecified atom stereocenters. The number of hydrogen-bond donors (Lipinski definition) is 2. The highest BCUT2D eigenvalue weighted by Crippen LogP contribution is 2.24. The van der Waals surface area contributed by atoms with Crippen molar-refractivity contribution in [2.75, 3.05) is 18.1 Å². The first-order valence-electron chi connectivity index (χ1n) is 11.8. The first-order valence-corrected chi connectivity index (χ1v) is 12.6. The Kier molecular flexibility index (Phi) is 7.80. The minimum absolute atomic E-state index is 0.0634. The zero-order valence-electron chi connectivity index (χ0n) is 20.1. The van der Waals surface area contributed by atoms with E-state index in [-0.39, 0.29) is 30.3 Å². The fourth-order valence-corrected chi connectivity index (χ4v) is 4.32. The van der Waals surface area contributed by atoms with E-state index in [0.717, 1.165) is 6.42 Å². The van der Waals surface area contributed by atoms with Crippen molar-refractivity contribution in [3.05, 3.63) is 73.7 Å². The van der Waals surface area contributed by atoms with Gasteiger partial charge >= 0.3 is 5.69 Å². The Bertz CT molecular complexity index is 1490. The molecule has 0 spiro atoms. The maximum Gasteiger partial charge on any atom is 0.331 e. The number of aliphatic hydroxyl groups excluding tert-OH is 1. The molecular weight excluding hydrogens is 528 g/mol. The number of nitrogens with zero attached hydrogens (tertiary/aromatic N) is 5. The van der Waals surface area contributed by atoms with E-state index in [0.29, 0.717) is 57.8 Å². The molecule has 10 nitrogen and oxygen atoms in total. The van der Waals surface area contributed by atoms with Crippen molar-refractivity contribution in [1.82, 2.24) is 24.1 Å². The van der Waals surface area contributed by atoms with Crippen molar-refractivity contribution in [3.63, 3.8) is 0 Å². The van der Waals surface area contributed by atoms with Crippen LogP contribution >= 0.6 is 15.9 Å². The van der Waals surface area contributed by atoms with Crippen molar-refractivity contribution in [2.24, 2.45) is 0 Å². The highest BCUT2D eigenvalue weighted by atomic mass is 79.9. The number of rotatable bonds is 9. The van der Waals surface area contributed by atoms with E-state index in [1.807, 2.05) is 13.8 Å². The summed E-state index contributed by atoms with van der Waals surface area (Å²) in [4.78, 5) is 52.1. The predicted molar refractivity (Wildman–Crippen MR) is 141 cm³/mol. The summed E-state index contributed by atoms with van der Waals surface area (Å²) in [5, 5.41) is 9.52. The number of amides is 1. The monoisotopic (exact) mass is 554 g/mol. The first-order chi connectivity index (χ1) is 17.4. The van der Waals surface area contributed by atoms with E-state index < -0.39 is 0 Å². The number of hydrogen-bond acceptors (Lipinski definition) is 6. The zero-order valence-corrected chi connectivity index (χ0v) is 21.7. The van der Waals surface area contributed by atoms with Crippen LogP contribution in [0.25, 0.3) is 22.3 Å². The third-order valence-electron chi connectivity index (χ3n) is 5.78. The number of fused-ring (bicyclic) bond motifs is 1. The lowest BCUT2D eigenvalue weighted by atomic mass is 10.2. The molecular formula is C25H27BrN6O4. The van der Waals surface area contributed by atoms with Gasteiger partial charge in [-0.15, -0.1) is 0 Å². The minimum atomic E-state index is -0.345. The van der Waals surface area contributed by atoms with Crippen LogP contribution < -0.4 is 16.1 Å². The minimum Gasteiger partial charge on any atom is -0.395 e. The molecule has 11 heteroatoms. The smallest absolute Gasteiger partial charge is 0.331 e. The van der Waals surface area contributed by atoms with Crippen LogP contribution in [-0.2, 0) is 13.1 Å². The molecule has 0 fully saturated rings. The third-order valence-corrected chi connectivity index (χ3v) is 6.25. The van der Waals surface area contributed by atoms with Crippen LogP contribution in [0.3, 0.4) is 0 Å². The number of aromatic nitrogens is 5. The van der Waals surface area contributed by atoms with E-state index >= 15 is 0 Å². The highest BCUT2D eigenvalue weighted by Gasteiger charge is 2.20. The van der Waals surface area contributed by atoms with E-state index in [1.165, 1.54) is 15.7 Å². The summed E-state index contributed by atoms with van der Waals surface area (Å²) < 4.78 is 3.51. The maximum absolute atomic E-state index is 13.0. The lowest BCUT2D eigenvalue weighted by Crippen LogP contribution is -2.39. The second-order valence-corrected chi connectivity index (χ2v) is 9.10. The zero-order chi connectivity index (χ0) is 25.8. The number of aryl methyl sites for hydroxylation is 1. The fourth-order valence-electron chi connectivity index (χ4n) is 4.09. The second kappa shape index (κ2) is 11.0. The molecule has 188 valence electrons. The SMILES string of the molecule is CCCn1c(=O)c2[nH]c(-c3ccc(N(CCO)C(=O)c4ccc(Br)nc4)nc3)cc2n(CCC)c1=O. The molecule has 0 aliphatic heterocycles. The molecule has 0 aromatic carbocycles. The number of carbonyl (C=O) groups is 1. The van der Waals surface area contributed by atoms with E-state index in [4.69, 9.17) is 0 Å². The normalized spacial score (nSPS) is 11.2. The fraction of sp³-hybridized carbons (Fsp3) is 0.320. The lowest BCUT2D eigenvalue weighted by molar-refractivity contribution is 0.0980. The van der Waals surface area contributed by atoms with Gasteiger partial charge < -0.3 is 10.1 Å². The van der Waals surface area contributed by atoms with Gasteiger partial charge in [-0.1, -0.05) is 13.8 Å². The molecule has 4 rings (SSSR count). The van der Waals surface area contributed by atoms with Gasteiger partial charge in [-0.05, 0) is 59.1 Å². The Morgan fingerprint density at radius 1 is 1.06 bits per heavy atom. The second-order valence-electron chi connectivity index (χ2n) is 8.29. The van der Waals surface area contributed by atoms with E-state index in [1.54, 1.807) is 41.1 Å². The third kappa shape index (κ3) is 4.89. The van der Waals surface area contributed by atoms with Gasteiger partial charge in [-0.3, -0.25) is 23.6 Å². The van der Waals surface area contributed by atoms with Gasteiger partial charge in [0.05, 0.1) is 24.2 Å². The van der Waals surface area contributed by atoms with Crippen molar-refractivity contribution >= 4 is 38.7 Å². The molecule has 36 heavy (non-hydrogen) atoms. The van der Waals surface area contributed by atoms with Crippen LogP contribution in [0.5, 0.6) is 0 Å². The molecule has 0 aliphatic rings. The number of halogens is 1. The average Bonchev–Trinajstić information content (AvgIpc) is 3.33. The van der Waals surface area contributed by atoms with E-state index in [9.17, 15) is 19.5 Å². The molecule has 0 radical (unpaired) electrons. The summed E-state index contributed by atoms with van der Waals surface area (Å²) in [6.07, 6.45) is 4.46. The van der Waals surface area contributed by atoms with Crippen LogP contribution in [0.15, 0.2) is 56.9 Å². The number of pyridine rings is 2. The van der Waals surface area contributed by atoms with Gasteiger partial charge in [0.2, 0.25) is 0 Å². The first kappa shape index (κ1) is 25.5. The Labute approximate surface area is 215 Å². The highest BCUT2D eigenvalue weighted by molar-refractivity contribution is 9.10. The largest absolute Gasteiger partial charge is 0.395 e. The van der Waals surface area contributed by atoms with Crippen molar-refractivity contribution < 1.29 is 9.90 Å². The van der Waals surface area contributed by atoms with Gasteiger partial charge in [0.25, 0.3) is 11.5 Å². The number of aliphatic hydroxyl groups is 1. The van der Waals surface area contributed by atoms with Crippen LogP contribution in [0.1, 0.15) is 37.0 Å². The van der Waals surface area contributed by atoms with Crippen LogP contribution in [0.4, 0.5) is 5.82 Å². The molecule has 0 atom stereocenters. The molecule has 0 saturated carbocycles. The van der Waals surface area contributed by atoms with Gasteiger partial charge in [-0.25, -0.2) is 14.8 Å². The Morgan fingerprint density at radius 2 is 1.81 bits per heavy atom. The summed E-state index contributed by atoms with van der Waals surface area (Å²) in [7, 11) is 0. The number of carbonyl (C=O) groups excluding carboxylic acids is 1. The summed E-state index contributed by atoms with van der Waals surface area (Å²) in [6, 6.07) is 8.55. The quantitative estimate of drug-likeness (QED) is 0.306.